The molecule has 1 saturated heterocycles. The number of nitrogens with two attached hydrogens (primary N) is 1. The van der Waals surface area contributed by atoms with E-state index < -0.39 is 0 Å². The molecule has 22 heavy (non-hydrogen) atoms. The van der Waals surface area contributed by atoms with Gasteiger partial charge in [-0.15, -0.1) is 12.4 Å². The summed E-state index contributed by atoms with van der Waals surface area (Å²) in [4.78, 5) is 14.2. The van der Waals surface area contributed by atoms with E-state index in [1.165, 1.54) is 0 Å². The first kappa shape index (κ1) is 18.9. The van der Waals surface area contributed by atoms with E-state index in [0.29, 0.717) is 32.1 Å². The molecule has 1 aromatic carbocycles. The molecule has 2 atom stereocenters. The van der Waals surface area contributed by atoms with Gasteiger partial charge in [0.2, 0.25) is 5.91 Å². The number of hydrogen-bond acceptors (Lipinski definition) is 3. The highest BCUT2D eigenvalue weighted by Gasteiger charge is 2.28. The molecule has 1 aromatic rings. The van der Waals surface area contributed by atoms with Gasteiger partial charge in [-0.1, -0.05) is 37.3 Å². The van der Waals surface area contributed by atoms with Crippen LogP contribution < -0.4 is 5.73 Å². The molecule has 4 nitrogen and oxygen atoms in total. The van der Waals surface area contributed by atoms with Crippen molar-refractivity contribution in [2.24, 2.45) is 11.7 Å². The third kappa shape index (κ3) is 5.59. The molecular weight excluding hydrogens is 300 g/mol. The van der Waals surface area contributed by atoms with Crippen LogP contribution in [-0.4, -0.2) is 36.5 Å². The molecule has 2 unspecified atom stereocenters. The second-order valence-electron chi connectivity index (χ2n) is 5.89. The van der Waals surface area contributed by atoms with Gasteiger partial charge in [-0.2, -0.15) is 0 Å². The van der Waals surface area contributed by atoms with Gasteiger partial charge in [0.05, 0.1) is 19.6 Å². The smallest absolute Gasteiger partial charge is 0.225 e. The monoisotopic (exact) mass is 326 g/mol. The Hall–Kier alpha value is -1.10. The molecule has 124 valence electrons. The summed E-state index contributed by atoms with van der Waals surface area (Å²) in [7, 11) is 0. The minimum atomic E-state index is 0. The maximum atomic E-state index is 12.3. The zero-order valence-electron chi connectivity index (χ0n) is 13.2. The Morgan fingerprint density at radius 1 is 1.36 bits per heavy atom. The van der Waals surface area contributed by atoms with Crippen molar-refractivity contribution in [2.75, 3.05) is 19.7 Å². The number of amides is 1. The van der Waals surface area contributed by atoms with Crippen molar-refractivity contribution in [1.29, 1.82) is 0 Å². The third-order valence-electron chi connectivity index (χ3n) is 4.14. The molecule has 1 aliphatic rings. The number of carbonyl (C=O) groups excluding carboxylic acids is 1. The molecule has 0 radical (unpaired) electrons. The van der Waals surface area contributed by atoms with Gasteiger partial charge in [-0.05, 0) is 24.3 Å². The van der Waals surface area contributed by atoms with Crippen LogP contribution in [0.15, 0.2) is 30.3 Å². The van der Waals surface area contributed by atoms with E-state index >= 15 is 0 Å². The van der Waals surface area contributed by atoms with E-state index in [-0.39, 0.29) is 24.4 Å². The predicted molar refractivity (Wildman–Crippen MR) is 90.9 cm³/mol. The van der Waals surface area contributed by atoms with E-state index in [1.54, 1.807) is 0 Å². The summed E-state index contributed by atoms with van der Waals surface area (Å²) in [6.07, 6.45) is 2.54. The first-order valence-corrected chi connectivity index (χ1v) is 7.82. The Kier molecular flexibility index (Phi) is 8.46. The molecule has 2 N–H and O–H groups in total. The normalized spacial score (nSPS) is 21.3. The fourth-order valence-corrected chi connectivity index (χ4v) is 2.87. The van der Waals surface area contributed by atoms with Gasteiger partial charge in [0.15, 0.2) is 0 Å². The van der Waals surface area contributed by atoms with Crippen molar-refractivity contribution < 1.29 is 9.53 Å². The maximum Gasteiger partial charge on any atom is 0.225 e. The molecule has 0 saturated carbocycles. The first-order valence-electron chi connectivity index (χ1n) is 7.82. The third-order valence-corrected chi connectivity index (χ3v) is 4.14. The summed E-state index contributed by atoms with van der Waals surface area (Å²) in [5, 5.41) is 0. The molecule has 1 amide bonds. The van der Waals surface area contributed by atoms with Gasteiger partial charge < -0.3 is 15.4 Å². The number of rotatable bonds is 6. The van der Waals surface area contributed by atoms with Crippen LogP contribution >= 0.6 is 12.4 Å². The second-order valence-corrected chi connectivity index (χ2v) is 5.89. The summed E-state index contributed by atoms with van der Waals surface area (Å²) in [5.41, 5.74) is 6.94. The maximum absolute atomic E-state index is 12.3. The Morgan fingerprint density at radius 2 is 2.09 bits per heavy atom. The minimum absolute atomic E-state index is 0. The second kappa shape index (κ2) is 9.82. The highest BCUT2D eigenvalue weighted by Crippen LogP contribution is 2.22. The summed E-state index contributed by atoms with van der Waals surface area (Å²) >= 11 is 0. The van der Waals surface area contributed by atoms with Crippen molar-refractivity contribution in [3.05, 3.63) is 35.9 Å². The standard InChI is InChI=1S/C17H26N2O2.ClH/c1-14-7-9-19(16(11-14)12-18)17(20)8-10-21-13-15-5-3-2-4-6-15;/h2-6,14,16H,7-13,18H2,1H3;1H. The lowest BCUT2D eigenvalue weighted by Crippen LogP contribution is -2.49. The van der Waals surface area contributed by atoms with E-state index in [0.717, 1.165) is 24.9 Å². The van der Waals surface area contributed by atoms with Crippen molar-refractivity contribution >= 4 is 18.3 Å². The number of carbonyl (C=O) groups is 1. The largest absolute Gasteiger partial charge is 0.376 e. The lowest BCUT2D eigenvalue weighted by Gasteiger charge is -2.38. The number of hydrogen-bond donors (Lipinski definition) is 1. The zero-order chi connectivity index (χ0) is 15.1. The number of benzene rings is 1. The topological polar surface area (TPSA) is 55.6 Å². The van der Waals surface area contributed by atoms with Crippen LogP contribution in [-0.2, 0) is 16.1 Å². The Labute approximate surface area is 139 Å². The molecule has 1 heterocycles. The molecule has 5 heteroatoms. The summed E-state index contributed by atoms with van der Waals surface area (Å²) in [6.45, 7) is 4.65. The van der Waals surface area contributed by atoms with Crippen LogP contribution in [0.3, 0.4) is 0 Å². The van der Waals surface area contributed by atoms with Crippen molar-refractivity contribution in [2.45, 2.75) is 38.8 Å². The number of likely N-dealkylation sites (tertiary alicyclic amines) is 1. The van der Waals surface area contributed by atoms with Gasteiger partial charge in [0, 0.05) is 19.1 Å². The SMILES string of the molecule is CC1CCN(C(=O)CCOCc2ccccc2)C(CN)C1.Cl. The van der Waals surface area contributed by atoms with Crippen molar-refractivity contribution in [3.63, 3.8) is 0 Å². The number of piperidine rings is 1. The van der Waals surface area contributed by atoms with E-state index in [1.807, 2.05) is 35.2 Å². The summed E-state index contributed by atoms with van der Waals surface area (Å²) in [6, 6.07) is 10.2. The van der Waals surface area contributed by atoms with E-state index in [9.17, 15) is 4.79 Å². The van der Waals surface area contributed by atoms with Crippen LogP contribution in [0.1, 0.15) is 31.7 Å². The predicted octanol–water partition coefficient (Wildman–Crippen LogP) is 2.60. The average molecular weight is 327 g/mol. The zero-order valence-corrected chi connectivity index (χ0v) is 14.1. The number of ether oxygens (including phenoxy) is 1. The fourth-order valence-electron chi connectivity index (χ4n) is 2.87. The van der Waals surface area contributed by atoms with Crippen LogP contribution in [0.5, 0.6) is 0 Å². The molecular formula is C17H27ClN2O2. The lowest BCUT2D eigenvalue weighted by molar-refractivity contribution is -0.136. The van der Waals surface area contributed by atoms with Gasteiger partial charge in [-0.25, -0.2) is 0 Å². The molecule has 0 aromatic heterocycles. The molecule has 1 aliphatic heterocycles. The summed E-state index contributed by atoms with van der Waals surface area (Å²) in [5.74, 6) is 0.836. The van der Waals surface area contributed by atoms with Crippen LogP contribution in [0, 0.1) is 5.92 Å². The van der Waals surface area contributed by atoms with Gasteiger partial charge in [0.1, 0.15) is 0 Å². The molecule has 0 aliphatic carbocycles. The minimum Gasteiger partial charge on any atom is -0.376 e. The highest BCUT2D eigenvalue weighted by molar-refractivity contribution is 5.85. The lowest BCUT2D eigenvalue weighted by atomic mass is 9.92. The van der Waals surface area contributed by atoms with Gasteiger partial charge >= 0.3 is 0 Å². The highest BCUT2D eigenvalue weighted by atomic mass is 35.5. The Bertz CT molecular complexity index is 442. The first-order chi connectivity index (χ1) is 10.2. The van der Waals surface area contributed by atoms with Gasteiger partial charge in [0.25, 0.3) is 0 Å². The van der Waals surface area contributed by atoms with Crippen molar-refractivity contribution in [1.82, 2.24) is 4.90 Å². The Balaban J connectivity index is 0.00000242. The fraction of sp³-hybridized carbons (Fsp3) is 0.588. The molecule has 2 rings (SSSR count). The summed E-state index contributed by atoms with van der Waals surface area (Å²) < 4.78 is 5.59. The van der Waals surface area contributed by atoms with E-state index in [4.69, 9.17) is 10.5 Å². The average Bonchev–Trinajstić information content (AvgIpc) is 2.52. The number of nitrogens with zero attached hydrogens (tertiary/aromatic N) is 1. The molecule has 0 bridgehead atoms. The number of halogens is 1. The quantitative estimate of drug-likeness (QED) is 0.817. The molecule has 1 fully saturated rings. The van der Waals surface area contributed by atoms with E-state index in [2.05, 4.69) is 6.92 Å². The van der Waals surface area contributed by atoms with Crippen LogP contribution in [0.4, 0.5) is 0 Å². The Morgan fingerprint density at radius 3 is 2.77 bits per heavy atom. The van der Waals surface area contributed by atoms with Crippen LogP contribution in [0.2, 0.25) is 0 Å². The van der Waals surface area contributed by atoms with Crippen molar-refractivity contribution in [3.8, 4) is 0 Å². The van der Waals surface area contributed by atoms with Crippen LogP contribution in [0.25, 0.3) is 0 Å². The molecule has 0 spiro atoms. The van der Waals surface area contributed by atoms with Gasteiger partial charge in [-0.3, -0.25) is 4.79 Å².